The minimum absolute atomic E-state index is 0.0125. The summed E-state index contributed by atoms with van der Waals surface area (Å²) in [6, 6.07) is 14.2. The van der Waals surface area contributed by atoms with E-state index in [2.05, 4.69) is 5.32 Å². The summed E-state index contributed by atoms with van der Waals surface area (Å²) in [6.45, 7) is 2.37. The lowest BCUT2D eigenvalue weighted by Crippen LogP contribution is -2.13. The van der Waals surface area contributed by atoms with Crippen LogP contribution in [-0.2, 0) is 6.61 Å². The van der Waals surface area contributed by atoms with Gasteiger partial charge in [-0.25, -0.2) is 0 Å². The Kier molecular flexibility index (Phi) is 4.74. The van der Waals surface area contributed by atoms with E-state index in [0.29, 0.717) is 23.6 Å². The van der Waals surface area contributed by atoms with E-state index >= 15 is 0 Å². The van der Waals surface area contributed by atoms with Gasteiger partial charge < -0.3 is 15.2 Å². The zero-order valence-corrected chi connectivity index (χ0v) is 11.3. The Bertz CT molecular complexity index is 579. The van der Waals surface area contributed by atoms with E-state index in [4.69, 9.17) is 9.84 Å². The van der Waals surface area contributed by atoms with Gasteiger partial charge in [0.25, 0.3) is 5.91 Å². The molecule has 0 aliphatic rings. The maximum atomic E-state index is 12.2. The maximum absolute atomic E-state index is 12.2. The van der Waals surface area contributed by atoms with Gasteiger partial charge in [-0.05, 0) is 36.8 Å². The molecule has 0 bridgehead atoms. The number of carbonyl (C=O) groups excluding carboxylic acids is 1. The molecule has 0 fully saturated rings. The van der Waals surface area contributed by atoms with Crippen LogP contribution in [-0.4, -0.2) is 17.6 Å². The number of hydrogen-bond donors (Lipinski definition) is 2. The number of carbonyl (C=O) groups is 1. The van der Waals surface area contributed by atoms with Crippen LogP contribution in [0.3, 0.4) is 0 Å². The van der Waals surface area contributed by atoms with E-state index in [1.807, 2.05) is 13.0 Å². The zero-order valence-electron chi connectivity index (χ0n) is 11.3. The van der Waals surface area contributed by atoms with E-state index in [1.165, 1.54) is 0 Å². The molecule has 0 aromatic heterocycles. The normalized spacial score (nSPS) is 10.1. The molecule has 0 unspecified atom stereocenters. The summed E-state index contributed by atoms with van der Waals surface area (Å²) in [4.78, 5) is 12.2. The number of aliphatic hydroxyl groups excluding tert-OH is 1. The Morgan fingerprint density at radius 3 is 2.50 bits per heavy atom. The van der Waals surface area contributed by atoms with Crippen molar-refractivity contribution >= 4 is 11.6 Å². The predicted octanol–water partition coefficient (Wildman–Crippen LogP) is 2.83. The minimum Gasteiger partial charge on any atom is -0.493 e. The molecule has 0 aliphatic carbocycles. The molecule has 2 aromatic carbocycles. The highest BCUT2D eigenvalue weighted by atomic mass is 16.5. The number of anilines is 1. The predicted molar refractivity (Wildman–Crippen MR) is 77.9 cm³/mol. The van der Waals surface area contributed by atoms with Crippen LogP contribution in [0.2, 0.25) is 0 Å². The second-order valence-electron chi connectivity index (χ2n) is 4.24. The molecule has 0 aliphatic heterocycles. The molecule has 0 spiro atoms. The summed E-state index contributed by atoms with van der Waals surface area (Å²) in [7, 11) is 0. The Morgan fingerprint density at radius 1 is 1.15 bits per heavy atom. The average molecular weight is 271 g/mol. The van der Waals surface area contributed by atoms with Crippen LogP contribution < -0.4 is 10.1 Å². The van der Waals surface area contributed by atoms with E-state index in [-0.39, 0.29) is 12.5 Å². The highest BCUT2D eigenvalue weighted by Crippen LogP contribution is 2.20. The van der Waals surface area contributed by atoms with Crippen LogP contribution in [0, 0.1) is 0 Å². The van der Waals surface area contributed by atoms with Crippen molar-refractivity contribution in [2.45, 2.75) is 13.5 Å². The van der Waals surface area contributed by atoms with Crippen molar-refractivity contribution < 1.29 is 14.6 Å². The van der Waals surface area contributed by atoms with Gasteiger partial charge in [0, 0.05) is 5.69 Å². The first-order valence-electron chi connectivity index (χ1n) is 6.47. The van der Waals surface area contributed by atoms with Gasteiger partial charge in [0.2, 0.25) is 0 Å². The number of rotatable bonds is 5. The maximum Gasteiger partial charge on any atom is 0.259 e. The van der Waals surface area contributed by atoms with Gasteiger partial charge in [-0.15, -0.1) is 0 Å². The van der Waals surface area contributed by atoms with Gasteiger partial charge in [0.1, 0.15) is 5.75 Å². The van der Waals surface area contributed by atoms with Gasteiger partial charge in [-0.3, -0.25) is 4.79 Å². The van der Waals surface area contributed by atoms with Crippen molar-refractivity contribution in [3.63, 3.8) is 0 Å². The third-order valence-electron chi connectivity index (χ3n) is 2.83. The fraction of sp³-hybridized carbons (Fsp3) is 0.188. The summed E-state index contributed by atoms with van der Waals surface area (Å²) in [5, 5.41) is 11.8. The molecule has 104 valence electrons. The summed E-state index contributed by atoms with van der Waals surface area (Å²) in [5.74, 6) is 0.352. The number of aliphatic hydroxyl groups is 1. The van der Waals surface area contributed by atoms with E-state index < -0.39 is 0 Å². The van der Waals surface area contributed by atoms with Crippen molar-refractivity contribution in [3.8, 4) is 5.75 Å². The van der Waals surface area contributed by atoms with Crippen molar-refractivity contribution in [1.82, 2.24) is 0 Å². The van der Waals surface area contributed by atoms with Crippen LogP contribution in [0.15, 0.2) is 48.5 Å². The average Bonchev–Trinajstić information content (AvgIpc) is 2.49. The standard InChI is InChI=1S/C16H17NO3/c1-2-20-15-6-4-3-5-14(15)16(19)17-13-9-7-12(11-18)8-10-13/h3-10,18H,2,11H2,1H3,(H,17,19). The molecule has 0 saturated heterocycles. The summed E-state index contributed by atoms with van der Waals surface area (Å²) in [5.41, 5.74) is 1.98. The molecule has 4 heteroatoms. The fourth-order valence-electron chi connectivity index (χ4n) is 1.83. The molecule has 1 amide bonds. The Hall–Kier alpha value is -2.33. The molecule has 0 atom stereocenters. The number of nitrogens with one attached hydrogen (secondary N) is 1. The van der Waals surface area contributed by atoms with E-state index in [9.17, 15) is 4.79 Å². The first-order chi connectivity index (χ1) is 9.74. The van der Waals surface area contributed by atoms with Gasteiger partial charge >= 0.3 is 0 Å². The molecule has 0 heterocycles. The van der Waals surface area contributed by atoms with Gasteiger partial charge in [-0.2, -0.15) is 0 Å². The third kappa shape index (κ3) is 3.36. The third-order valence-corrected chi connectivity index (χ3v) is 2.83. The molecular formula is C16H17NO3. The monoisotopic (exact) mass is 271 g/mol. The molecule has 2 N–H and O–H groups in total. The van der Waals surface area contributed by atoms with Crippen molar-refractivity contribution in [2.75, 3.05) is 11.9 Å². The van der Waals surface area contributed by atoms with Crippen LogP contribution in [0.1, 0.15) is 22.8 Å². The lowest BCUT2D eigenvalue weighted by atomic mass is 10.1. The van der Waals surface area contributed by atoms with Crippen LogP contribution in [0.5, 0.6) is 5.75 Å². The van der Waals surface area contributed by atoms with Crippen LogP contribution >= 0.6 is 0 Å². The van der Waals surface area contributed by atoms with Crippen molar-refractivity contribution in [2.24, 2.45) is 0 Å². The lowest BCUT2D eigenvalue weighted by Gasteiger charge is -2.10. The molecule has 2 aromatic rings. The fourth-order valence-corrected chi connectivity index (χ4v) is 1.83. The molecule has 2 rings (SSSR count). The summed E-state index contributed by atoms with van der Waals surface area (Å²) >= 11 is 0. The molecule has 0 saturated carbocycles. The summed E-state index contributed by atoms with van der Waals surface area (Å²) < 4.78 is 5.44. The van der Waals surface area contributed by atoms with Crippen LogP contribution in [0.25, 0.3) is 0 Å². The number of amides is 1. The Labute approximate surface area is 118 Å². The van der Waals surface area contributed by atoms with Crippen molar-refractivity contribution in [1.29, 1.82) is 0 Å². The quantitative estimate of drug-likeness (QED) is 0.879. The second-order valence-corrected chi connectivity index (χ2v) is 4.24. The Morgan fingerprint density at radius 2 is 1.85 bits per heavy atom. The summed E-state index contributed by atoms with van der Waals surface area (Å²) in [6.07, 6.45) is 0. The first kappa shape index (κ1) is 14.1. The molecule has 0 radical (unpaired) electrons. The molecule has 4 nitrogen and oxygen atoms in total. The van der Waals surface area contributed by atoms with Crippen molar-refractivity contribution in [3.05, 3.63) is 59.7 Å². The number of para-hydroxylation sites is 1. The highest BCUT2D eigenvalue weighted by molar-refractivity contribution is 6.06. The number of benzene rings is 2. The topological polar surface area (TPSA) is 58.6 Å². The van der Waals surface area contributed by atoms with Gasteiger partial charge in [-0.1, -0.05) is 24.3 Å². The van der Waals surface area contributed by atoms with Gasteiger partial charge in [0.05, 0.1) is 18.8 Å². The zero-order chi connectivity index (χ0) is 14.4. The minimum atomic E-state index is -0.217. The largest absolute Gasteiger partial charge is 0.493 e. The van der Waals surface area contributed by atoms with Gasteiger partial charge in [0.15, 0.2) is 0 Å². The highest BCUT2D eigenvalue weighted by Gasteiger charge is 2.11. The number of hydrogen-bond acceptors (Lipinski definition) is 3. The Balaban J connectivity index is 2.15. The van der Waals surface area contributed by atoms with Crippen LogP contribution in [0.4, 0.5) is 5.69 Å². The number of ether oxygens (including phenoxy) is 1. The lowest BCUT2D eigenvalue weighted by molar-refractivity contribution is 0.102. The second kappa shape index (κ2) is 6.73. The SMILES string of the molecule is CCOc1ccccc1C(=O)Nc1ccc(CO)cc1. The smallest absolute Gasteiger partial charge is 0.259 e. The molecule has 20 heavy (non-hydrogen) atoms. The van der Waals surface area contributed by atoms with E-state index in [1.54, 1.807) is 42.5 Å². The van der Waals surface area contributed by atoms with E-state index in [0.717, 1.165) is 5.56 Å². The molecular weight excluding hydrogens is 254 g/mol. The first-order valence-corrected chi connectivity index (χ1v) is 6.47.